The number of rotatable bonds is 3. The summed E-state index contributed by atoms with van der Waals surface area (Å²) >= 11 is 0. The van der Waals surface area contributed by atoms with E-state index in [4.69, 9.17) is 10.4 Å². The lowest BCUT2D eigenvalue weighted by molar-refractivity contribution is -0.565. The third-order valence-electron chi connectivity index (χ3n) is 2.54. The molecule has 0 fully saturated rings. The van der Waals surface area contributed by atoms with Gasteiger partial charge in [-0.2, -0.15) is 0 Å². The van der Waals surface area contributed by atoms with Crippen LogP contribution in [0.1, 0.15) is 17.2 Å². The second-order valence-corrected chi connectivity index (χ2v) is 3.54. The zero-order chi connectivity index (χ0) is 12.4. The number of nitro groups is 1. The molecule has 0 saturated carbocycles. The highest BCUT2D eigenvalue weighted by Crippen LogP contribution is 2.32. The first-order valence-electron chi connectivity index (χ1n) is 4.85. The highest BCUT2D eigenvalue weighted by molar-refractivity contribution is 5.58. The van der Waals surface area contributed by atoms with Gasteiger partial charge in [0.05, 0.1) is 5.39 Å². The van der Waals surface area contributed by atoms with Gasteiger partial charge in [-0.3, -0.25) is 20.5 Å². The van der Waals surface area contributed by atoms with Crippen LogP contribution in [0.2, 0.25) is 0 Å². The van der Waals surface area contributed by atoms with Gasteiger partial charge < -0.3 is 0 Å². The topological polar surface area (TPSA) is 96.1 Å². The number of nitrogens with zero attached hydrogens (tertiary/aromatic N) is 2. The van der Waals surface area contributed by atoms with Crippen molar-refractivity contribution in [3.05, 3.63) is 51.6 Å². The molecule has 0 amide bonds. The summed E-state index contributed by atoms with van der Waals surface area (Å²) < 4.78 is 0. The Morgan fingerprint density at radius 3 is 2.71 bits per heavy atom. The quantitative estimate of drug-likeness (QED) is 0.610. The summed E-state index contributed by atoms with van der Waals surface area (Å²) in [5.74, 6) is 0. The molecule has 2 atom stereocenters. The predicted molar refractivity (Wildman–Crippen MR) is 55.5 cm³/mol. The molecule has 2 N–H and O–H groups in total. The first-order chi connectivity index (χ1) is 8.09. The summed E-state index contributed by atoms with van der Waals surface area (Å²) in [6.07, 6.45) is 1.90. The number of hydrogen-bond acceptors (Lipinski definition) is 6. The molecular weight excluding hydrogens is 228 g/mol. The van der Waals surface area contributed by atoms with Crippen LogP contribution in [0.15, 0.2) is 30.3 Å². The minimum absolute atomic E-state index is 0.503. The van der Waals surface area contributed by atoms with E-state index in [1.54, 1.807) is 30.3 Å². The Hall–Kier alpha value is -1.80. The van der Waals surface area contributed by atoms with Crippen LogP contribution in [0.25, 0.3) is 6.08 Å². The standard InChI is InChI=1S/C10H10N2O5/c13-11(14)9-6-5-7-3-1-2-4-8(7)10(9)17-12(15)16/h1-6,9-10,15-16H. The molecule has 1 aliphatic rings. The lowest BCUT2D eigenvalue weighted by Crippen LogP contribution is -2.33. The van der Waals surface area contributed by atoms with Crippen LogP contribution in [0.4, 0.5) is 0 Å². The molecule has 7 heteroatoms. The molecule has 17 heavy (non-hydrogen) atoms. The molecule has 0 aromatic heterocycles. The summed E-state index contributed by atoms with van der Waals surface area (Å²) in [7, 11) is 0. The van der Waals surface area contributed by atoms with Crippen LogP contribution >= 0.6 is 0 Å². The van der Waals surface area contributed by atoms with Gasteiger partial charge in [-0.25, -0.2) is 4.84 Å². The highest BCUT2D eigenvalue weighted by atomic mass is 17.1. The number of benzene rings is 1. The maximum Gasteiger partial charge on any atom is 0.263 e. The Labute approximate surface area is 96.2 Å². The van der Waals surface area contributed by atoms with Crippen molar-refractivity contribution in [3.8, 4) is 0 Å². The van der Waals surface area contributed by atoms with E-state index < -0.39 is 22.5 Å². The van der Waals surface area contributed by atoms with E-state index in [9.17, 15) is 10.1 Å². The van der Waals surface area contributed by atoms with Crippen LogP contribution in [-0.4, -0.2) is 26.8 Å². The van der Waals surface area contributed by atoms with Crippen molar-refractivity contribution in [3.63, 3.8) is 0 Å². The third kappa shape index (κ3) is 2.32. The molecule has 90 valence electrons. The molecule has 1 aromatic rings. The maximum atomic E-state index is 10.8. The summed E-state index contributed by atoms with van der Waals surface area (Å²) in [5.41, 5.74) is 1.28. The summed E-state index contributed by atoms with van der Waals surface area (Å²) in [6, 6.07) is 5.72. The molecule has 0 radical (unpaired) electrons. The van der Waals surface area contributed by atoms with Crippen molar-refractivity contribution in [2.45, 2.75) is 12.1 Å². The third-order valence-corrected chi connectivity index (χ3v) is 2.54. The Morgan fingerprint density at radius 2 is 2.06 bits per heavy atom. The molecule has 1 aliphatic carbocycles. The first kappa shape index (κ1) is 11.7. The molecule has 0 aliphatic heterocycles. The van der Waals surface area contributed by atoms with Crippen LogP contribution in [-0.2, 0) is 4.84 Å². The van der Waals surface area contributed by atoms with E-state index in [2.05, 4.69) is 4.84 Å². The largest absolute Gasteiger partial charge is 0.266 e. The fourth-order valence-electron chi connectivity index (χ4n) is 1.81. The minimum Gasteiger partial charge on any atom is -0.266 e. The normalized spacial score (nSPS) is 22.5. The van der Waals surface area contributed by atoms with Gasteiger partial charge in [0, 0.05) is 4.92 Å². The van der Waals surface area contributed by atoms with Gasteiger partial charge in [0.1, 0.15) is 0 Å². The van der Waals surface area contributed by atoms with E-state index in [1.165, 1.54) is 6.08 Å². The zero-order valence-corrected chi connectivity index (χ0v) is 8.63. The van der Waals surface area contributed by atoms with Crippen LogP contribution < -0.4 is 0 Å². The van der Waals surface area contributed by atoms with E-state index >= 15 is 0 Å². The van der Waals surface area contributed by atoms with Crippen molar-refractivity contribution in [2.24, 2.45) is 0 Å². The van der Waals surface area contributed by atoms with Crippen molar-refractivity contribution < 1.29 is 20.2 Å². The van der Waals surface area contributed by atoms with Crippen molar-refractivity contribution in [2.75, 3.05) is 0 Å². The number of fused-ring (bicyclic) bond motifs is 1. The Bertz CT molecular complexity index is 460. The predicted octanol–water partition coefficient (Wildman–Crippen LogP) is 1.41. The van der Waals surface area contributed by atoms with E-state index in [0.717, 1.165) is 5.56 Å². The Balaban J connectivity index is 2.40. The average molecular weight is 238 g/mol. The SMILES string of the molecule is O=[N+]([O-])C1C=Cc2ccccc2C1ON(O)O. The molecular formula is C10H10N2O5. The van der Waals surface area contributed by atoms with Gasteiger partial charge in [0.15, 0.2) is 6.10 Å². The molecule has 0 spiro atoms. The van der Waals surface area contributed by atoms with Crippen LogP contribution in [0.3, 0.4) is 0 Å². The molecule has 0 bridgehead atoms. The number of hydrogen-bond donors (Lipinski definition) is 2. The van der Waals surface area contributed by atoms with Gasteiger partial charge in [-0.05, 0) is 17.2 Å². The maximum absolute atomic E-state index is 10.8. The molecule has 0 heterocycles. The van der Waals surface area contributed by atoms with Crippen molar-refractivity contribution >= 4 is 6.08 Å². The monoisotopic (exact) mass is 238 g/mol. The van der Waals surface area contributed by atoms with Gasteiger partial charge in [-0.1, -0.05) is 30.3 Å². The van der Waals surface area contributed by atoms with Crippen molar-refractivity contribution in [1.82, 2.24) is 5.39 Å². The second kappa shape index (κ2) is 4.60. The highest BCUT2D eigenvalue weighted by Gasteiger charge is 2.37. The molecule has 1 aromatic carbocycles. The van der Waals surface area contributed by atoms with Gasteiger partial charge in [0.25, 0.3) is 6.04 Å². The van der Waals surface area contributed by atoms with E-state index in [-0.39, 0.29) is 0 Å². The lowest BCUT2D eigenvalue weighted by Gasteiger charge is -2.24. The minimum atomic E-state index is -1.16. The fraction of sp³-hybridized carbons (Fsp3) is 0.200. The average Bonchev–Trinajstić information content (AvgIpc) is 2.28. The van der Waals surface area contributed by atoms with Crippen LogP contribution in [0.5, 0.6) is 0 Å². The second-order valence-electron chi connectivity index (χ2n) is 3.54. The summed E-state index contributed by atoms with van der Waals surface area (Å²) in [4.78, 5) is 15.0. The first-order valence-corrected chi connectivity index (χ1v) is 4.85. The molecule has 7 nitrogen and oxygen atoms in total. The van der Waals surface area contributed by atoms with E-state index in [0.29, 0.717) is 5.56 Å². The van der Waals surface area contributed by atoms with Crippen LogP contribution in [0, 0.1) is 10.1 Å². The fourth-order valence-corrected chi connectivity index (χ4v) is 1.81. The molecule has 0 saturated heterocycles. The van der Waals surface area contributed by atoms with Crippen molar-refractivity contribution in [1.29, 1.82) is 0 Å². The Morgan fingerprint density at radius 1 is 1.35 bits per heavy atom. The van der Waals surface area contributed by atoms with Gasteiger partial charge in [-0.15, -0.1) is 0 Å². The summed E-state index contributed by atoms with van der Waals surface area (Å²) in [6.45, 7) is 0. The lowest BCUT2D eigenvalue weighted by atomic mass is 9.92. The van der Waals surface area contributed by atoms with Gasteiger partial charge in [0.2, 0.25) is 0 Å². The Kier molecular flexibility index (Phi) is 3.16. The molecule has 2 rings (SSSR count). The van der Waals surface area contributed by atoms with Gasteiger partial charge >= 0.3 is 0 Å². The smallest absolute Gasteiger partial charge is 0.263 e. The van der Waals surface area contributed by atoms with E-state index in [1.807, 2.05) is 0 Å². The summed E-state index contributed by atoms with van der Waals surface area (Å²) in [5, 5.41) is 27.6. The zero-order valence-electron chi connectivity index (χ0n) is 8.63. The molecule has 2 unspecified atom stereocenters.